The van der Waals surface area contributed by atoms with Gasteiger partial charge >= 0.3 is 0 Å². The van der Waals surface area contributed by atoms with E-state index in [-0.39, 0.29) is 18.1 Å². The van der Waals surface area contributed by atoms with Crippen molar-refractivity contribution in [3.05, 3.63) is 0 Å². The van der Waals surface area contributed by atoms with Crippen molar-refractivity contribution in [3.63, 3.8) is 0 Å². The molecule has 0 heterocycles. The van der Waals surface area contributed by atoms with Crippen LogP contribution in [0, 0.1) is 0 Å². The van der Waals surface area contributed by atoms with Gasteiger partial charge in [-0.15, -0.1) is 0 Å². The summed E-state index contributed by atoms with van der Waals surface area (Å²) in [6.07, 6.45) is 3.20. The van der Waals surface area contributed by atoms with Crippen molar-refractivity contribution in [1.82, 2.24) is 10.6 Å². The number of amides is 1. The summed E-state index contributed by atoms with van der Waals surface area (Å²) < 4.78 is 10.8. The fourth-order valence-electron chi connectivity index (χ4n) is 1.74. The number of hydrogen-bond acceptors (Lipinski definition) is 4. The maximum Gasteiger partial charge on any atom is 0.221 e. The Kier molecular flexibility index (Phi) is 10.1. The van der Waals surface area contributed by atoms with Crippen LogP contribution in [-0.4, -0.2) is 46.1 Å². The number of carbonyl (C=O) groups is 1. The predicted molar refractivity (Wildman–Crippen MR) is 67.8 cm³/mol. The van der Waals surface area contributed by atoms with Crippen molar-refractivity contribution in [3.8, 4) is 0 Å². The summed E-state index contributed by atoms with van der Waals surface area (Å²) in [6, 6.07) is 0. The smallest absolute Gasteiger partial charge is 0.221 e. The second-order valence-corrected chi connectivity index (χ2v) is 4.01. The number of ether oxygens (including phenoxy) is 2. The molecule has 0 bridgehead atoms. The molecule has 0 aliphatic rings. The third-order valence-electron chi connectivity index (χ3n) is 2.71. The SMILES string of the molecule is CCCC(OC)C(CCC(=O)NCNC)OC. The molecular formula is C12H26N2O3. The fraction of sp³-hybridized carbons (Fsp3) is 0.917. The molecule has 2 N–H and O–H groups in total. The third-order valence-corrected chi connectivity index (χ3v) is 2.71. The molecule has 5 heteroatoms. The van der Waals surface area contributed by atoms with Crippen molar-refractivity contribution < 1.29 is 14.3 Å². The van der Waals surface area contributed by atoms with Gasteiger partial charge in [0, 0.05) is 20.6 Å². The Labute approximate surface area is 104 Å². The molecule has 0 saturated heterocycles. The minimum Gasteiger partial charge on any atom is -0.379 e. The lowest BCUT2D eigenvalue weighted by atomic mass is 10.0. The van der Waals surface area contributed by atoms with Gasteiger partial charge in [0.05, 0.1) is 18.9 Å². The number of methoxy groups -OCH3 is 2. The van der Waals surface area contributed by atoms with Gasteiger partial charge in [-0.3, -0.25) is 4.79 Å². The average molecular weight is 246 g/mol. The first-order chi connectivity index (χ1) is 8.19. The van der Waals surface area contributed by atoms with Crippen molar-refractivity contribution in [2.24, 2.45) is 0 Å². The molecule has 2 atom stereocenters. The van der Waals surface area contributed by atoms with Crippen LogP contribution in [0.1, 0.15) is 32.6 Å². The summed E-state index contributed by atoms with van der Waals surface area (Å²) in [5.74, 6) is 0.0350. The monoisotopic (exact) mass is 246 g/mol. The van der Waals surface area contributed by atoms with E-state index >= 15 is 0 Å². The Bertz CT molecular complexity index is 200. The van der Waals surface area contributed by atoms with Gasteiger partial charge in [-0.1, -0.05) is 13.3 Å². The van der Waals surface area contributed by atoms with Gasteiger partial charge in [0.2, 0.25) is 5.91 Å². The standard InChI is InChI=1S/C12H26N2O3/c1-5-6-10(16-3)11(17-4)7-8-12(15)14-9-13-2/h10-11,13H,5-9H2,1-4H3,(H,14,15). The largest absolute Gasteiger partial charge is 0.379 e. The molecule has 1 amide bonds. The van der Waals surface area contributed by atoms with Gasteiger partial charge in [-0.2, -0.15) is 0 Å². The van der Waals surface area contributed by atoms with Gasteiger partial charge in [-0.05, 0) is 19.9 Å². The van der Waals surface area contributed by atoms with Crippen LogP contribution >= 0.6 is 0 Å². The molecule has 0 aromatic rings. The number of hydrogen-bond donors (Lipinski definition) is 2. The zero-order valence-electron chi connectivity index (χ0n) is 11.4. The second-order valence-electron chi connectivity index (χ2n) is 4.01. The average Bonchev–Trinajstić information content (AvgIpc) is 2.35. The van der Waals surface area contributed by atoms with E-state index < -0.39 is 0 Å². The first kappa shape index (κ1) is 16.4. The zero-order valence-corrected chi connectivity index (χ0v) is 11.4. The van der Waals surface area contributed by atoms with Crippen LogP contribution in [0.3, 0.4) is 0 Å². The first-order valence-corrected chi connectivity index (χ1v) is 6.16. The molecule has 102 valence electrons. The van der Waals surface area contributed by atoms with Crippen LogP contribution in [0.2, 0.25) is 0 Å². The van der Waals surface area contributed by atoms with Crippen LogP contribution in [0.25, 0.3) is 0 Å². The second kappa shape index (κ2) is 10.5. The normalized spacial score (nSPS) is 14.4. The Morgan fingerprint density at radius 1 is 1.18 bits per heavy atom. The lowest BCUT2D eigenvalue weighted by Gasteiger charge is -2.24. The number of rotatable bonds is 10. The maximum atomic E-state index is 11.4. The van der Waals surface area contributed by atoms with Gasteiger partial charge < -0.3 is 20.1 Å². The Balaban J connectivity index is 3.98. The van der Waals surface area contributed by atoms with Crippen molar-refractivity contribution in [1.29, 1.82) is 0 Å². The van der Waals surface area contributed by atoms with E-state index in [0.717, 1.165) is 12.8 Å². The molecule has 0 radical (unpaired) electrons. The molecule has 0 aromatic carbocycles. The molecule has 0 spiro atoms. The molecule has 0 rings (SSSR count). The lowest BCUT2D eigenvalue weighted by Crippen LogP contribution is -2.34. The number of nitrogens with one attached hydrogen (secondary N) is 2. The summed E-state index contributed by atoms with van der Waals surface area (Å²) >= 11 is 0. The highest BCUT2D eigenvalue weighted by atomic mass is 16.5. The predicted octanol–water partition coefficient (Wildman–Crippen LogP) is 0.890. The highest BCUT2D eigenvalue weighted by Crippen LogP contribution is 2.14. The first-order valence-electron chi connectivity index (χ1n) is 6.16. The van der Waals surface area contributed by atoms with Gasteiger partial charge in [-0.25, -0.2) is 0 Å². The van der Waals surface area contributed by atoms with Crippen LogP contribution in [0.15, 0.2) is 0 Å². The minimum absolute atomic E-state index is 0.0136. The Hall–Kier alpha value is -0.650. The highest BCUT2D eigenvalue weighted by molar-refractivity contribution is 5.75. The van der Waals surface area contributed by atoms with E-state index in [2.05, 4.69) is 17.6 Å². The summed E-state index contributed by atoms with van der Waals surface area (Å²) in [4.78, 5) is 11.4. The van der Waals surface area contributed by atoms with Gasteiger partial charge in [0.1, 0.15) is 0 Å². The summed E-state index contributed by atoms with van der Waals surface area (Å²) in [5, 5.41) is 5.62. The summed E-state index contributed by atoms with van der Waals surface area (Å²) in [5.41, 5.74) is 0. The molecule has 0 aliphatic carbocycles. The summed E-state index contributed by atoms with van der Waals surface area (Å²) in [7, 11) is 5.14. The molecule has 0 aromatic heterocycles. The maximum absolute atomic E-state index is 11.4. The molecule has 0 aliphatic heterocycles. The van der Waals surface area contributed by atoms with E-state index in [9.17, 15) is 4.79 Å². The Morgan fingerprint density at radius 3 is 2.24 bits per heavy atom. The van der Waals surface area contributed by atoms with Gasteiger partial charge in [0.25, 0.3) is 0 Å². The van der Waals surface area contributed by atoms with Crippen LogP contribution in [0.5, 0.6) is 0 Å². The van der Waals surface area contributed by atoms with E-state index in [4.69, 9.17) is 9.47 Å². The Morgan fingerprint density at radius 2 is 1.76 bits per heavy atom. The van der Waals surface area contributed by atoms with Crippen molar-refractivity contribution >= 4 is 5.91 Å². The minimum atomic E-state index is -0.0136. The van der Waals surface area contributed by atoms with E-state index in [0.29, 0.717) is 19.5 Å². The zero-order chi connectivity index (χ0) is 13.1. The van der Waals surface area contributed by atoms with Crippen molar-refractivity contribution in [2.45, 2.75) is 44.8 Å². The summed E-state index contributed by atoms with van der Waals surface area (Å²) in [6.45, 7) is 2.61. The van der Waals surface area contributed by atoms with E-state index in [1.54, 1.807) is 21.3 Å². The van der Waals surface area contributed by atoms with Crippen LogP contribution in [0.4, 0.5) is 0 Å². The van der Waals surface area contributed by atoms with Gasteiger partial charge in [0.15, 0.2) is 0 Å². The quantitative estimate of drug-likeness (QED) is 0.562. The molecule has 0 saturated carbocycles. The molecular weight excluding hydrogens is 220 g/mol. The van der Waals surface area contributed by atoms with E-state index in [1.165, 1.54) is 0 Å². The van der Waals surface area contributed by atoms with Crippen molar-refractivity contribution in [2.75, 3.05) is 27.9 Å². The highest BCUT2D eigenvalue weighted by Gasteiger charge is 2.20. The van der Waals surface area contributed by atoms with Crippen LogP contribution in [-0.2, 0) is 14.3 Å². The topological polar surface area (TPSA) is 59.6 Å². The fourth-order valence-corrected chi connectivity index (χ4v) is 1.74. The lowest BCUT2D eigenvalue weighted by molar-refractivity contribution is -0.122. The molecule has 0 fully saturated rings. The van der Waals surface area contributed by atoms with E-state index in [1.807, 2.05) is 0 Å². The molecule has 17 heavy (non-hydrogen) atoms. The third kappa shape index (κ3) is 7.31. The molecule has 5 nitrogen and oxygen atoms in total. The number of carbonyl (C=O) groups excluding carboxylic acids is 1. The van der Waals surface area contributed by atoms with Crippen LogP contribution < -0.4 is 10.6 Å². The molecule has 2 unspecified atom stereocenters.